The molecule has 100 valence electrons. The minimum Gasteiger partial charge on any atom is -0.370 e. The van der Waals surface area contributed by atoms with Gasteiger partial charge in [0.25, 0.3) is 0 Å². The third-order valence-electron chi connectivity index (χ3n) is 3.14. The third-order valence-corrected chi connectivity index (χ3v) is 3.14. The molecule has 1 aromatic rings. The predicted octanol–water partition coefficient (Wildman–Crippen LogP) is 2.75. The summed E-state index contributed by atoms with van der Waals surface area (Å²) < 4.78 is 37.4. The van der Waals surface area contributed by atoms with Gasteiger partial charge in [-0.05, 0) is 36.7 Å². The fourth-order valence-corrected chi connectivity index (χ4v) is 2.19. The second-order valence-electron chi connectivity index (χ2n) is 4.80. The monoisotopic (exact) mass is 258 g/mol. The zero-order valence-corrected chi connectivity index (χ0v) is 10.3. The number of hydrogen-bond donors (Lipinski definition) is 1. The summed E-state index contributed by atoms with van der Waals surface area (Å²) in [5.41, 5.74) is 0.269. The first kappa shape index (κ1) is 13.2. The van der Waals surface area contributed by atoms with E-state index in [-0.39, 0.29) is 0 Å². The maximum Gasteiger partial charge on any atom is 0.416 e. The summed E-state index contributed by atoms with van der Waals surface area (Å²) in [5, 5.41) is 3.31. The maximum absolute atomic E-state index is 12.5. The molecule has 0 amide bonds. The van der Waals surface area contributed by atoms with Gasteiger partial charge in [0.05, 0.1) is 5.56 Å². The van der Waals surface area contributed by atoms with Gasteiger partial charge in [0.1, 0.15) is 0 Å². The average molecular weight is 258 g/mol. The Morgan fingerprint density at radius 1 is 1.22 bits per heavy atom. The highest BCUT2D eigenvalue weighted by molar-refractivity contribution is 5.48. The molecule has 2 rings (SSSR count). The fourth-order valence-electron chi connectivity index (χ4n) is 2.19. The van der Waals surface area contributed by atoms with Crippen LogP contribution in [0, 0.1) is 5.92 Å². The quantitative estimate of drug-likeness (QED) is 0.833. The zero-order valence-electron chi connectivity index (χ0n) is 10.3. The molecule has 1 heterocycles. The van der Waals surface area contributed by atoms with Crippen molar-refractivity contribution in [1.29, 1.82) is 0 Å². The van der Waals surface area contributed by atoms with E-state index in [2.05, 4.69) is 17.1 Å². The summed E-state index contributed by atoms with van der Waals surface area (Å²) in [6, 6.07) is 5.42. The van der Waals surface area contributed by atoms with E-state index in [0.29, 0.717) is 5.92 Å². The molecule has 1 fully saturated rings. The Morgan fingerprint density at radius 2 is 1.89 bits per heavy atom. The second kappa shape index (κ2) is 5.18. The number of alkyl halides is 3. The van der Waals surface area contributed by atoms with Gasteiger partial charge in [-0.1, -0.05) is 6.92 Å². The number of halogens is 3. The van der Waals surface area contributed by atoms with E-state index < -0.39 is 11.7 Å². The molecule has 0 bridgehead atoms. The number of anilines is 1. The Hall–Kier alpha value is -1.23. The molecule has 5 heteroatoms. The minimum atomic E-state index is -4.26. The van der Waals surface area contributed by atoms with Crippen molar-refractivity contribution in [3.63, 3.8) is 0 Å². The summed E-state index contributed by atoms with van der Waals surface area (Å²) in [6.45, 7) is 5.66. The molecular weight excluding hydrogens is 241 g/mol. The van der Waals surface area contributed by atoms with Crippen molar-refractivity contribution in [2.24, 2.45) is 5.92 Å². The summed E-state index contributed by atoms with van der Waals surface area (Å²) in [5.74, 6) is 0.495. The summed E-state index contributed by atoms with van der Waals surface area (Å²) >= 11 is 0. The predicted molar refractivity (Wildman–Crippen MR) is 65.7 cm³/mol. The van der Waals surface area contributed by atoms with Crippen LogP contribution >= 0.6 is 0 Å². The van der Waals surface area contributed by atoms with E-state index in [1.54, 1.807) is 12.1 Å². The average Bonchev–Trinajstić information content (AvgIpc) is 2.53. The molecule has 1 aromatic carbocycles. The van der Waals surface area contributed by atoms with E-state index in [4.69, 9.17) is 0 Å². The van der Waals surface area contributed by atoms with Gasteiger partial charge in [-0.15, -0.1) is 0 Å². The summed E-state index contributed by atoms with van der Waals surface area (Å²) in [7, 11) is 0. The van der Waals surface area contributed by atoms with Crippen molar-refractivity contribution >= 4 is 5.69 Å². The van der Waals surface area contributed by atoms with E-state index in [9.17, 15) is 13.2 Å². The van der Waals surface area contributed by atoms with Crippen LogP contribution in [0.3, 0.4) is 0 Å². The topological polar surface area (TPSA) is 15.3 Å². The fraction of sp³-hybridized carbons (Fsp3) is 0.538. The standard InChI is InChI=1S/C13H17F3N2/c1-10-8-17-6-7-18(9-10)12-4-2-11(3-5-12)13(14,15)16/h2-5,10,17H,6-9H2,1H3. The Kier molecular flexibility index (Phi) is 3.80. The van der Waals surface area contributed by atoms with E-state index >= 15 is 0 Å². The highest BCUT2D eigenvalue weighted by Crippen LogP contribution is 2.30. The van der Waals surface area contributed by atoms with Crippen LogP contribution < -0.4 is 10.2 Å². The largest absolute Gasteiger partial charge is 0.416 e. The molecule has 1 atom stereocenters. The van der Waals surface area contributed by atoms with Gasteiger partial charge in [-0.3, -0.25) is 0 Å². The molecule has 0 aromatic heterocycles. The third kappa shape index (κ3) is 3.16. The van der Waals surface area contributed by atoms with Crippen molar-refractivity contribution in [1.82, 2.24) is 5.32 Å². The first-order valence-electron chi connectivity index (χ1n) is 6.10. The Labute approximate surface area is 105 Å². The first-order valence-corrected chi connectivity index (χ1v) is 6.10. The molecular formula is C13H17F3N2. The second-order valence-corrected chi connectivity index (χ2v) is 4.80. The lowest BCUT2D eigenvalue weighted by Crippen LogP contribution is -2.29. The molecule has 2 nitrogen and oxygen atoms in total. The number of benzene rings is 1. The van der Waals surface area contributed by atoms with Crippen molar-refractivity contribution in [2.45, 2.75) is 13.1 Å². The lowest BCUT2D eigenvalue weighted by molar-refractivity contribution is -0.137. The number of nitrogens with zero attached hydrogens (tertiary/aromatic N) is 1. The van der Waals surface area contributed by atoms with E-state index in [1.807, 2.05) is 0 Å². The molecule has 1 aliphatic heterocycles. The number of nitrogens with one attached hydrogen (secondary N) is 1. The smallest absolute Gasteiger partial charge is 0.370 e. The number of rotatable bonds is 1. The van der Waals surface area contributed by atoms with Gasteiger partial charge in [0, 0.05) is 25.3 Å². The van der Waals surface area contributed by atoms with Gasteiger partial charge in [-0.25, -0.2) is 0 Å². The highest BCUT2D eigenvalue weighted by atomic mass is 19.4. The molecule has 1 N–H and O–H groups in total. The molecule has 0 aliphatic carbocycles. The Balaban J connectivity index is 2.13. The minimum absolute atomic E-state index is 0.495. The van der Waals surface area contributed by atoms with Gasteiger partial charge >= 0.3 is 6.18 Å². The van der Waals surface area contributed by atoms with E-state index in [1.165, 1.54) is 0 Å². The van der Waals surface area contributed by atoms with Crippen molar-refractivity contribution in [2.75, 3.05) is 31.1 Å². The number of hydrogen-bond acceptors (Lipinski definition) is 2. The van der Waals surface area contributed by atoms with Crippen LogP contribution in [0.25, 0.3) is 0 Å². The molecule has 0 radical (unpaired) electrons. The van der Waals surface area contributed by atoms with Crippen LogP contribution in [0.2, 0.25) is 0 Å². The van der Waals surface area contributed by atoms with Crippen LogP contribution in [0.4, 0.5) is 18.9 Å². The lowest BCUT2D eigenvalue weighted by Gasteiger charge is -2.24. The maximum atomic E-state index is 12.5. The first-order chi connectivity index (χ1) is 8.47. The zero-order chi connectivity index (χ0) is 13.2. The summed E-state index contributed by atoms with van der Waals surface area (Å²) in [4.78, 5) is 2.13. The van der Waals surface area contributed by atoms with Gasteiger partial charge in [0.2, 0.25) is 0 Å². The Morgan fingerprint density at radius 3 is 2.50 bits per heavy atom. The molecule has 0 spiro atoms. The molecule has 1 unspecified atom stereocenters. The molecule has 18 heavy (non-hydrogen) atoms. The van der Waals surface area contributed by atoms with Crippen LogP contribution in [0.5, 0.6) is 0 Å². The Bertz CT molecular complexity index is 386. The van der Waals surface area contributed by atoms with Gasteiger partial charge < -0.3 is 10.2 Å². The van der Waals surface area contributed by atoms with E-state index in [0.717, 1.165) is 44.0 Å². The van der Waals surface area contributed by atoms with Crippen LogP contribution in [-0.4, -0.2) is 26.2 Å². The highest BCUT2D eigenvalue weighted by Gasteiger charge is 2.30. The SMILES string of the molecule is CC1CNCCN(c2ccc(C(F)(F)F)cc2)C1. The van der Waals surface area contributed by atoms with Crippen molar-refractivity contribution in [3.8, 4) is 0 Å². The van der Waals surface area contributed by atoms with Gasteiger partial charge in [0.15, 0.2) is 0 Å². The molecule has 1 aliphatic rings. The van der Waals surface area contributed by atoms with Crippen LogP contribution in [-0.2, 0) is 6.18 Å². The normalized spacial score (nSPS) is 21.8. The summed E-state index contributed by atoms with van der Waals surface area (Å²) in [6.07, 6.45) is -4.26. The van der Waals surface area contributed by atoms with Crippen molar-refractivity contribution < 1.29 is 13.2 Å². The molecule has 1 saturated heterocycles. The van der Waals surface area contributed by atoms with Crippen LogP contribution in [0.15, 0.2) is 24.3 Å². The van der Waals surface area contributed by atoms with Crippen LogP contribution in [0.1, 0.15) is 12.5 Å². The molecule has 0 saturated carbocycles. The van der Waals surface area contributed by atoms with Gasteiger partial charge in [-0.2, -0.15) is 13.2 Å². The lowest BCUT2D eigenvalue weighted by atomic mass is 10.1. The van der Waals surface area contributed by atoms with Crippen molar-refractivity contribution in [3.05, 3.63) is 29.8 Å².